The van der Waals surface area contributed by atoms with Crippen LogP contribution in [0, 0.1) is 0 Å². The van der Waals surface area contributed by atoms with Gasteiger partial charge >= 0.3 is 0 Å². The van der Waals surface area contributed by atoms with Gasteiger partial charge in [-0.15, -0.1) is 0 Å². The molecule has 1 heterocycles. The van der Waals surface area contributed by atoms with E-state index in [1.165, 1.54) is 24.8 Å². The average molecular weight is 194 g/mol. The van der Waals surface area contributed by atoms with E-state index in [4.69, 9.17) is 4.52 Å². The van der Waals surface area contributed by atoms with Crippen LogP contribution in [0.15, 0.2) is 4.52 Å². The third kappa shape index (κ3) is 1.57. The van der Waals surface area contributed by atoms with Gasteiger partial charge in [0.05, 0.1) is 0 Å². The molecule has 3 nitrogen and oxygen atoms in total. The highest BCUT2D eigenvalue weighted by atomic mass is 16.5. The smallest absolute Gasteiger partial charge is 0.143 e. The normalized spacial score (nSPS) is 20.9. The molecule has 0 radical (unpaired) electrons. The zero-order valence-electron chi connectivity index (χ0n) is 8.97. The second-order valence-electron chi connectivity index (χ2n) is 4.00. The molecule has 0 bridgehead atoms. The Bertz CT molecular complexity index is 306. The zero-order valence-corrected chi connectivity index (χ0v) is 8.97. The Labute approximate surface area is 84.9 Å². The van der Waals surface area contributed by atoms with Crippen molar-refractivity contribution in [2.75, 3.05) is 7.05 Å². The summed E-state index contributed by atoms with van der Waals surface area (Å²) in [7, 11) is 1.95. The summed E-state index contributed by atoms with van der Waals surface area (Å²) in [6.45, 7) is 3.05. The standard InChI is InChI=1S/C11H18N2O/c1-3-8-5-4-6-9-10(7-12-2)13-14-11(8)9/h8,12H,3-7H2,1-2H3. The molecule has 14 heavy (non-hydrogen) atoms. The summed E-state index contributed by atoms with van der Waals surface area (Å²) in [6.07, 6.45) is 4.86. The van der Waals surface area contributed by atoms with Crippen molar-refractivity contribution in [1.29, 1.82) is 0 Å². The summed E-state index contributed by atoms with van der Waals surface area (Å²) < 4.78 is 5.45. The van der Waals surface area contributed by atoms with Crippen LogP contribution in [-0.4, -0.2) is 12.2 Å². The maximum Gasteiger partial charge on any atom is 0.143 e. The van der Waals surface area contributed by atoms with Gasteiger partial charge in [0.25, 0.3) is 0 Å². The Hall–Kier alpha value is -0.830. The Morgan fingerprint density at radius 3 is 3.14 bits per heavy atom. The van der Waals surface area contributed by atoms with Crippen LogP contribution < -0.4 is 5.32 Å². The van der Waals surface area contributed by atoms with Crippen LogP contribution in [0.2, 0.25) is 0 Å². The molecule has 1 aromatic rings. The van der Waals surface area contributed by atoms with Gasteiger partial charge in [-0.3, -0.25) is 0 Å². The van der Waals surface area contributed by atoms with Gasteiger partial charge in [-0.25, -0.2) is 0 Å². The highest BCUT2D eigenvalue weighted by Crippen LogP contribution is 2.35. The molecule has 1 aliphatic rings. The summed E-state index contributed by atoms with van der Waals surface area (Å²) in [5, 5.41) is 7.28. The van der Waals surface area contributed by atoms with Gasteiger partial charge in [0.15, 0.2) is 0 Å². The number of aromatic nitrogens is 1. The first-order valence-corrected chi connectivity index (χ1v) is 5.48. The molecular weight excluding hydrogens is 176 g/mol. The van der Waals surface area contributed by atoms with Crippen LogP contribution in [0.25, 0.3) is 0 Å². The third-order valence-electron chi connectivity index (χ3n) is 3.09. The Kier molecular flexibility index (Phi) is 2.87. The van der Waals surface area contributed by atoms with Crippen molar-refractivity contribution in [2.45, 2.75) is 45.1 Å². The van der Waals surface area contributed by atoms with E-state index in [0.717, 1.165) is 24.4 Å². The second kappa shape index (κ2) is 4.13. The predicted octanol–water partition coefficient (Wildman–Crippen LogP) is 2.22. The maximum atomic E-state index is 5.45. The van der Waals surface area contributed by atoms with Crippen molar-refractivity contribution < 1.29 is 4.52 Å². The van der Waals surface area contributed by atoms with Gasteiger partial charge in [0, 0.05) is 18.0 Å². The number of nitrogens with zero attached hydrogens (tertiary/aromatic N) is 1. The number of fused-ring (bicyclic) bond motifs is 1. The molecule has 0 saturated heterocycles. The van der Waals surface area contributed by atoms with E-state index in [-0.39, 0.29) is 0 Å². The number of hydrogen-bond donors (Lipinski definition) is 1. The molecule has 1 N–H and O–H groups in total. The molecule has 2 rings (SSSR count). The third-order valence-corrected chi connectivity index (χ3v) is 3.09. The van der Waals surface area contributed by atoms with Crippen molar-refractivity contribution in [2.24, 2.45) is 0 Å². The van der Waals surface area contributed by atoms with Gasteiger partial charge in [-0.05, 0) is 32.7 Å². The molecule has 1 aliphatic carbocycles. The van der Waals surface area contributed by atoms with E-state index in [2.05, 4.69) is 17.4 Å². The van der Waals surface area contributed by atoms with E-state index in [9.17, 15) is 0 Å². The molecule has 1 aromatic heterocycles. The van der Waals surface area contributed by atoms with E-state index >= 15 is 0 Å². The van der Waals surface area contributed by atoms with Crippen LogP contribution in [-0.2, 0) is 13.0 Å². The minimum Gasteiger partial charge on any atom is -0.361 e. The maximum absolute atomic E-state index is 5.45. The van der Waals surface area contributed by atoms with E-state index < -0.39 is 0 Å². The van der Waals surface area contributed by atoms with Gasteiger partial charge < -0.3 is 9.84 Å². The SMILES string of the molecule is CCC1CCCc2c(CNC)noc21. The topological polar surface area (TPSA) is 38.1 Å². The first kappa shape index (κ1) is 9.71. The molecule has 1 atom stereocenters. The molecule has 0 spiro atoms. The molecule has 0 aromatic carbocycles. The van der Waals surface area contributed by atoms with E-state index in [1.807, 2.05) is 7.05 Å². The quantitative estimate of drug-likeness (QED) is 0.801. The molecule has 78 valence electrons. The second-order valence-corrected chi connectivity index (χ2v) is 4.00. The Morgan fingerprint density at radius 1 is 1.57 bits per heavy atom. The fourth-order valence-electron chi connectivity index (χ4n) is 2.30. The molecule has 0 saturated carbocycles. The minimum atomic E-state index is 0.608. The Morgan fingerprint density at radius 2 is 2.43 bits per heavy atom. The monoisotopic (exact) mass is 194 g/mol. The molecule has 0 fully saturated rings. The number of rotatable bonds is 3. The molecule has 1 unspecified atom stereocenters. The van der Waals surface area contributed by atoms with Crippen LogP contribution in [0.4, 0.5) is 0 Å². The van der Waals surface area contributed by atoms with Crippen molar-refractivity contribution in [3.05, 3.63) is 17.0 Å². The molecule has 3 heteroatoms. The molecule has 0 aliphatic heterocycles. The fraction of sp³-hybridized carbons (Fsp3) is 0.727. The highest BCUT2D eigenvalue weighted by molar-refractivity contribution is 5.28. The van der Waals surface area contributed by atoms with Crippen molar-refractivity contribution >= 4 is 0 Å². The predicted molar refractivity (Wildman–Crippen MR) is 55.2 cm³/mol. The lowest BCUT2D eigenvalue weighted by molar-refractivity contribution is 0.333. The molecule has 0 amide bonds. The summed E-state index contributed by atoms with van der Waals surface area (Å²) >= 11 is 0. The van der Waals surface area contributed by atoms with Crippen molar-refractivity contribution in [1.82, 2.24) is 10.5 Å². The summed E-state index contributed by atoms with van der Waals surface area (Å²) in [4.78, 5) is 0. The minimum absolute atomic E-state index is 0.608. The lowest BCUT2D eigenvalue weighted by Gasteiger charge is -2.18. The van der Waals surface area contributed by atoms with Crippen LogP contribution in [0.1, 0.15) is 49.1 Å². The van der Waals surface area contributed by atoms with Crippen LogP contribution >= 0.6 is 0 Å². The highest BCUT2D eigenvalue weighted by Gasteiger charge is 2.26. The first-order chi connectivity index (χ1) is 6.86. The molecular formula is C11H18N2O. The number of hydrogen-bond acceptors (Lipinski definition) is 3. The fourth-order valence-corrected chi connectivity index (χ4v) is 2.30. The van der Waals surface area contributed by atoms with Gasteiger partial charge in [-0.1, -0.05) is 12.1 Å². The van der Waals surface area contributed by atoms with Crippen LogP contribution in [0.5, 0.6) is 0 Å². The lowest BCUT2D eigenvalue weighted by atomic mass is 9.86. The van der Waals surface area contributed by atoms with Gasteiger partial charge in [0.2, 0.25) is 0 Å². The van der Waals surface area contributed by atoms with Crippen LogP contribution in [0.3, 0.4) is 0 Å². The summed E-state index contributed by atoms with van der Waals surface area (Å²) in [5.74, 6) is 1.76. The first-order valence-electron chi connectivity index (χ1n) is 5.48. The Balaban J connectivity index is 2.28. The van der Waals surface area contributed by atoms with Gasteiger partial charge in [-0.2, -0.15) is 0 Å². The largest absolute Gasteiger partial charge is 0.361 e. The lowest BCUT2D eigenvalue weighted by Crippen LogP contribution is -2.11. The van der Waals surface area contributed by atoms with Gasteiger partial charge in [0.1, 0.15) is 11.5 Å². The summed E-state index contributed by atoms with van der Waals surface area (Å²) in [6, 6.07) is 0. The van der Waals surface area contributed by atoms with E-state index in [1.54, 1.807) is 0 Å². The number of nitrogens with one attached hydrogen (secondary N) is 1. The van der Waals surface area contributed by atoms with E-state index in [0.29, 0.717) is 5.92 Å². The summed E-state index contributed by atoms with van der Waals surface area (Å²) in [5.41, 5.74) is 2.48. The zero-order chi connectivity index (χ0) is 9.97. The average Bonchev–Trinajstić information content (AvgIpc) is 2.62. The van der Waals surface area contributed by atoms with Crippen molar-refractivity contribution in [3.63, 3.8) is 0 Å². The van der Waals surface area contributed by atoms with Crippen molar-refractivity contribution in [3.8, 4) is 0 Å².